The van der Waals surface area contributed by atoms with Gasteiger partial charge in [0, 0.05) is 0 Å². The first-order valence-electron chi connectivity index (χ1n) is 5.90. The van der Waals surface area contributed by atoms with Gasteiger partial charge < -0.3 is 14.9 Å². The highest BCUT2D eigenvalue weighted by atomic mass is 19.1. The van der Waals surface area contributed by atoms with Crippen molar-refractivity contribution in [2.24, 2.45) is 0 Å². The highest BCUT2D eigenvalue weighted by Crippen LogP contribution is 2.28. The molecule has 4 heteroatoms. The van der Waals surface area contributed by atoms with E-state index in [0.717, 1.165) is 12.8 Å². The Morgan fingerprint density at radius 2 is 2.18 bits per heavy atom. The van der Waals surface area contributed by atoms with Crippen molar-refractivity contribution in [3.8, 4) is 5.75 Å². The minimum Gasteiger partial charge on any atom is -0.485 e. The third kappa shape index (κ3) is 2.76. The van der Waals surface area contributed by atoms with Crippen molar-refractivity contribution in [1.82, 2.24) is 0 Å². The third-order valence-corrected chi connectivity index (χ3v) is 3.13. The smallest absolute Gasteiger partial charge is 0.165 e. The predicted molar refractivity (Wildman–Crippen MR) is 61.3 cm³/mol. The molecular formula is C13H17FO3. The Bertz CT molecular complexity index is 392. The standard InChI is InChI=1S/C13H17FO3/c1-8(15)9-5-6-12(10(14)7-9)17-13-4-2-3-11(13)16/h5-8,11,13,15-16H,2-4H2,1H3. The van der Waals surface area contributed by atoms with Crippen molar-refractivity contribution in [3.05, 3.63) is 29.6 Å². The fraction of sp³-hybridized carbons (Fsp3) is 0.538. The van der Waals surface area contributed by atoms with Crippen LogP contribution >= 0.6 is 0 Å². The number of benzene rings is 1. The van der Waals surface area contributed by atoms with E-state index < -0.39 is 18.0 Å². The van der Waals surface area contributed by atoms with Crippen LogP contribution in [0.1, 0.15) is 37.9 Å². The van der Waals surface area contributed by atoms with Crippen LogP contribution in [0.5, 0.6) is 5.75 Å². The van der Waals surface area contributed by atoms with Gasteiger partial charge in [0.2, 0.25) is 0 Å². The van der Waals surface area contributed by atoms with Crippen molar-refractivity contribution < 1.29 is 19.3 Å². The summed E-state index contributed by atoms with van der Waals surface area (Å²) < 4.78 is 19.1. The molecule has 0 spiro atoms. The van der Waals surface area contributed by atoms with E-state index in [4.69, 9.17) is 4.74 Å². The molecule has 0 aromatic heterocycles. The van der Waals surface area contributed by atoms with Crippen LogP contribution in [0.15, 0.2) is 18.2 Å². The fourth-order valence-corrected chi connectivity index (χ4v) is 2.08. The quantitative estimate of drug-likeness (QED) is 0.851. The average Bonchev–Trinajstić information content (AvgIpc) is 2.67. The molecule has 17 heavy (non-hydrogen) atoms. The summed E-state index contributed by atoms with van der Waals surface area (Å²) in [5, 5.41) is 18.9. The monoisotopic (exact) mass is 240 g/mol. The molecule has 3 nitrogen and oxygen atoms in total. The van der Waals surface area contributed by atoms with Crippen molar-refractivity contribution in [1.29, 1.82) is 0 Å². The van der Waals surface area contributed by atoms with Crippen LogP contribution in [-0.4, -0.2) is 22.4 Å². The lowest BCUT2D eigenvalue weighted by Crippen LogP contribution is -2.26. The normalized spacial score (nSPS) is 25.9. The van der Waals surface area contributed by atoms with Gasteiger partial charge in [-0.05, 0) is 43.9 Å². The Labute approximate surface area is 99.8 Å². The zero-order valence-corrected chi connectivity index (χ0v) is 9.77. The zero-order valence-electron chi connectivity index (χ0n) is 9.77. The molecule has 1 aromatic carbocycles. The van der Waals surface area contributed by atoms with E-state index in [-0.39, 0.29) is 11.9 Å². The summed E-state index contributed by atoms with van der Waals surface area (Å²) in [5.41, 5.74) is 0.516. The van der Waals surface area contributed by atoms with E-state index in [2.05, 4.69) is 0 Å². The molecule has 3 unspecified atom stereocenters. The highest BCUT2D eigenvalue weighted by molar-refractivity contribution is 5.30. The molecule has 0 bridgehead atoms. The Hall–Kier alpha value is -1.13. The molecule has 3 atom stereocenters. The molecular weight excluding hydrogens is 223 g/mol. The second kappa shape index (κ2) is 5.02. The second-order valence-corrected chi connectivity index (χ2v) is 4.52. The van der Waals surface area contributed by atoms with Gasteiger partial charge in [0.1, 0.15) is 6.10 Å². The molecule has 1 saturated carbocycles. The molecule has 1 aliphatic carbocycles. The summed E-state index contributed by atoms with van der Waals surface area (Å²) in [6.07, 6.45) is 0.832. The predicted octanol–water partition coefficient (Wildman–Crippen LogP) is 2.17. The first-order chi connectivity index (χ1) is 8.08. The van der Waals surface area contributed by atoms with Gasteiger partial charge in [-0.1, -0.05) is 6.07 Å². The van der Waals surface area contributed by atoms with Crippen LogP contribution in [0.3, 0.4) is 0 Å². The van der Waals surface area contributed by atoms with E-state index in [1.807, 2.05) is 0 Å². The molecule has 2 rings (SSSR count). The zero-order chi connectivity index (χ0) is 12.4. The molecule has 0 amide bonds. The van der Waals surface area contributed by atoms with E-state index in [1.165, 1.54) is 12.1 Å². The lowest BCUT2D eigenvalue weighted by atomic mass is 10.1. The largest absolute Gasteiger partial charge is 0.485 e. The summed E-state index contributed by atoms with van der Waals surface area (Å²) in [7, 11) is 0. The van der Waals surface area contributed by atoms with Crippen molar-refractivity contribution >= 4 is 0 Å². The van der Waals surface area contributed by atoms with Gasteiger partial charge in [0.05, 0.1) is 12.2 Å². The number of ether oxygens (including phenoxy) is 1. The fourth-order valence-electron chi connectivity index (χ4n) is 2.08. The van der Waals surface area contributed by atoms with Crippen LogP contribution in [0.4, 0.5) is 4.39 Å². The number of hydrogen-bond acceptors (Lipinski definition) is 3. The molecule has 94 valence electrons. The minimum atomic E-state index is -0.698. The summed E-state index contributed by atoms with van der Waals surface area (Å²) in [4.78, 5) is 0. The molecule has 2 N–H and O–H groups in total. The lowest BCUT2D eigenvalue weighted by Gasteiger charge is -2.18. The molecule has 0 saturated heterocycles. The van der Waals surface area contributed by atoms with E-state index in [9.17, 15) is 14.6 Å². The van der Waals surface area contributed by atoms with E-state index in [0.29, 0.717) is 12.0 Å². The van der Waals surface area contributed by atoms with Crippen LogP contribution in [0, 0.1) is 5.82 Å². The first kappa shape index (κ1) is 12.3. The van der Waals surface area contributed by atoms with Gasteiger partial charge in [0.25, 0.3) is 0 Å². The summed E-state index contributed by atoms with van der Waals surface area (Å²) in [6.45, 7) is 1.58. The topological polar surface area (TPSA) is 49.7 Å². The number of halogens is 1. The van der Waals surface area contributed by atoms with Crippen LogP contribution < -0.4 is 4.74 Å². The Morgan fingerprint density at radius 3 is 2.71 bits per heavy atom. The number of aliphatic hydroxyl groups excluding tert-OH is 2. The maximum absolute atomic E-state index is 13.7. The average molecular weight is 240 g/mol. The van der Waals surface area contributed by atoms with Gasteiger partial charge in [-0.2, -0.15) is 0 Å². The van der Waals surface area contributed by atoms with Crippen LogP contribution in [0.25, 0.3) is 0 Å². The maximum atomic E-state index is 13.7. The minimum absolute atomic E-state index is 0.139. The Kier molecular flexibility index (Phi) is 3.64. The third-order valence-electron chi connectivity index (χ3n) is 3.13. The molecule has 1 aromatic rings. The van der Waals surface area contributed by atoms with E-state index >= 15 is 0 Å². The van der Waals surface area contributed by atoms with Gasteiger partial charge in [-0.3, -0.25) is 0 Å². The van der Waals surface area contributed by atoms with Crippen molar-refractivity contribution in [2.75, 3.05) is 0 Å². The van der Waals surface area contributed by atoms with Crippen molar-refractivity contribution in [2.45, 2.75) is 44.5 Å². The van der Waals surface area contributed by atoms with Crippen LogP contribution in [-0.2, 0) is 0 Å². The highest BCUT2D eigenvalue weighted by Gasteiger charge is 2.27. The van der Waals surface area contributed by atoms with Gasteiger partial charge >= 0.3 is 0 Å². The summed E-state index contributed by atoms with van der Waals surface area (Å²) in [5.74, 6) is -0.358. The van der Waals surface area contributed by atoms with Gasteiger partial charge in [0.15, 0.2) is 11.6 Å². The van der Waals surface area contributed by atoms with E-state index in [1.54, 1.807) is 13.0 Å². The van der Waals surface area contributed by atoms with Gasteiger partial charge in [-0.25, -0.2) is 4.39 Å². The van der Waals surface area contributed by atoms with Crippen LogP contribution in [0.2, 0.25) is 0 Å². The summed E-state index contributed by atoms with van der Waals surface area (Å²) in [6, 6.07) is 4.40. The first-order valence-corrected chi connectivity index (χ1v) is 5.90. The number of aliphatic hydroxyl groups is 2. The molecule has 1 fully saturated rings. The molecule has 0 radical (unpaired) electrons. The SMILES string of the molecule is CC(O)c1ccc(OC2CCCC2O)c(F)c1. The van der Waals surface area contributed by atoms with Crippen molar-refractivity contribution in [3.63, 3.8) is 0 Å². The molecule has 1 aliphatic rings. The number of rotatable bonds is 3. The Morgan fingerprint density at radius 1 is 1.41 bits per heavy atom. The maximum Gasteiger partial charge on any atom is 0.165 e. The lowest BCUT2D eigenvalue weighted by molar-refractivity contribution is 0.0578. The molecule has 0 aliphatic heterocycles. The number of hydrogen-bond donors (Lipinski definition) is 2. The summed E-state index contributed by atoms with van der Waals surface area (Å²) >= 11 is 0. The Balaban J connectivity index is 2.11. The second-order valence-electron chi connectivity index (χ2n) is 4.52. The van der Waals surface area contributed by atoms with Gasteiger partial charge in [-0.15, -0.1) is 0 Å². The molecule has 0 heterocycles.